The maximum Gasteiger partial charge on any atom is 0.0525 e. The largest absolute Gasteiger partial charge is 0.399 e. The van der Waals surface area contributed by atoms with Gasteiger partial charge in [-0.25, -0.2) is 0 Å². The number of hydrogen-bond acceptors (Lipinski definition) is 4. The first-order valence-electron chi connectivity index (χ1n) is 3.62. The summed E-state index contributed by atoms with van der Waals surface area (Å²) in [4.78, 5) is 0.934. The van der Waals surface area contributed by atoms with Crippen molar-refractivity contribution in [3.05, 3.63) is 18.2 Å². The fourth-order valence-electron chi connectivity index (χ4n) is 0.832. The van der Waals surface area contributed by atoms with E-state index in [9.17, 15) is 0 Å². The van der Waals surface area contributed by atoms with Gasteiger partial charge < -0.3 is 16.6 Å². The van der Waals surface area contributed by atoms with Crippen molar-refractivity contribution in [2.75, 3.05) is 23.8 Å². The molecule has 0 atom stereocenters. The third-order valence-corrected chi connectivity index (χ3v) is 2.44. The minimum atomic E-state index is 0.152. The quantitative estimate of drug-likeness (QED) is 0.483. The molecule has 1 aromatic carbocycles. The van der Waals surface area contributed by atoms with Crippen molar-refractivity contribution >= 4 is 23.1 Å². The van der Waals surface area contributed by atoms with E-state index in [0.29, 0.717) is 17.1 Å². The Kier molecular flexibility index (Phi) is 3.25. The molecule has 0 saturated heterocycles. The summed E-state index contributed by atoms with van der Waals surface area (Å²) in [6.45, 7) is 0.152. The van der Waals surface area contributed by atoms with Crippen LogP contribution < -0.4 is 11.5 Å². The second kappa shape index (κ2) is 4.23. The highest BCUT2D eigenvalue weighted by atomic mass is 32.2. The number of nitrogen functional groups attached to an aromatic ring is 2. The maximum absolute atomic E-state index is 8.59. The molecule has 0 aromatic heterocycles. The molecule has 4 heteroatoms. The fraction of sp³-hybridized carbons (Fsp3) is 0.250. The van der Waals surface area contributed by atoms with E-state index in [4.69, 9.17) is 16.6 Å². The summed E-state index contributed by atoms with van der Waals surface area (Å²) < 4.78 is 0. The average Bonchev–Trinajstić information content (AvgIpc) is 2.07. The average molecular weight is 184 g/mol. The summed E-state index contributed by atoms with van der Waals surface area (Å²) in [5, 5.41) is 8.59. The first-order chi connectivity index (χ1) is 5.74. The van der Waals surface area contributed by atoms with Crippen LogP contribution in [0.4, 0.5) is 11.4 Å². The van der Waals surface area contributed by atoms with Crippen LogP contribution in [-0.2, 0) is 0 Å². The Hall–Kier alpha value is -0.870. The van der Waals surface area contributed by atoms with Crippen LogP contribution >= 0.6 is 11.8 Å². The van der Waals surface area contributed by atoms with Gasteiger partial charge >= 0.3 is 0 Å². The summed E-state index contributed by atoms with van der Waals surface area (Å²) in [7, 11) is 0. The molecule has 0 fully saturated rings. The van der Waals surface area contributed by atoms with Crippen LogP contribution in [0.5, 0.6) is 0 Å². The Labute approximate surface area is 75.8 Å². The van der Waals surface area contributed by atoms with Gasteiger partial charge in [0.15, 0.2) is 0 Å². The Morgan fingerprint density at radius 2 is 2.08 bits per heavy atom. The minimum Gasteiger partial charge on any atom is -0.399 e. The predicted molar refractivity (Wildman–Crippen MR) is 53.1 cm³/mol. The molecule has 0 radical (unpaired) electrons. The highest BCUT2D eigenvalue weighted by molar-refractivity contribution is 7.99. The van der Waals surface area contributed by atoms with Crippen LogP contribution in [0.25, 0.3) is 0 Å². The van der Waals surface area contributed by atoms with Gasteiger partial charge in [0.25, 0.3) is 0 Å². The Morgan fingerprint density at radius 1 is 1.33 bits per heavy atom. The van der Waals surface area contributed by atoms with Crippen molar-refractivity contribution < 1.29 is 5.11 Å². The summed E-state index contributed by atoms with van der Waals surface area (Å²) in [6.07, 6.45) is 0. The zero-order valence-electron chi connectivity index (χ0n) is 6.66. The van der Waals surface area contributed by atoms with Crippen molar-refractivity contribution in [3.8, 4) is 0 Å². The van der Waals surface area contributed by atoms with Crippen molar-refractivity contribution in [1.29, 1.82) is 0 Å². The normalized spacial score (nSPS) is 10.1. The SMILES string of the molecule is Nc1ccc(N)c(SCCO)c1. The van der Waals surface area contributed by atoms with Gasteiger partial charge in [-0.1, -0.05) is 0 Å². The number of aliphatic hydroxyl groups excluding tert-OH is 1. The zero-order valence-corrected chi connectivity index (χ0v) is 7.47. The van der Waals surface area contributed by atoms with E-state index < -0.39 is 0 Å². The lowest BCUT2D eigenvalue weighted by Gasteiger charge is -2.04. The molecule has 0 unspecified atom stereocenters. The van der Waals surface area contributed by atoms with Crippen LogP contribution in [0.1, 0.15) is 0 Å². The van der Waals surface area contributed by atoms with Crippen LogP contribution in [-0.4, -0.2) is 17.5 Å². The van der Waals surface area contributed by atoms with Gasteiger partial charge in [-0.3, -0.25) is 0 Å². The summed E-state index contributed by atoms with van der Waals surface area (Å²) in [6, 6.07) is 5.35. The second-order valence-electron chi connectivity index (χ2n) is 2.37. The van der Waals surface area contributed by atoms with E-state index in [1.165, 1.54) is 11.8 Å². The lowest BCUT2D eigenvalue weighted by atomic mass is 10.3. The topological polar surface area (TPSA) is 72.3 Å². The number of nitrogens with two attached hydrogens (primary N) is 2. The van der Waals surface area contributed by atoms with E-state index in [-0.39, 0.29) is 6.61 Å². The molecule has 0 amide bonds. The lowest BCUT2D eigenvalue weighted by molar-refractivity contribution is 0.322. The van der Waals surface area contributed by atoms with E-state index in [1.807, 2.05) is 6.07 Å². The summed E-state index contributed by atoms with van der Waals surface area (Å²) in [5.41, 5.74) is 12.6. The Balaban J connectivity index is 2.75. The Morgan fingerprint density at radius 3 is 2.75 bits per heavy atom. The van der Waals surface area contributed by atoms with E-state index in [2.05, 4.69) is 0 Å². The van der Waals surface area contributed by atoms with Gasteiger partial charge in [0, 0.05) is 22.0 Å². The molecule has 66 valence electrons. The molecule has 0 aliphatic heterocycles. The molecule has 12 heavy (non-hydrogen) atoms. The molecular formula is C8H12N2OS. The molecule has 0 spiro atoms. The zero-order chi connectivity index (χ0) is 8.97. The number of thioether (sulfide) groups is 1. The van der Waals surface area contributed by atoms with Crippen molar-refractivity contribution in [2.45, 2.75) is 4.90 Å². The standard InChI is InChI=1S/C8H12N2OS/c9-6-1-2-7(10)8(5-6)12-4-3-11/h1-2,5,11H,3-4,9-10H2. The van der Waals surface area contributed by atoms with Crippen molar-refractivity contribution in [2.24, 2.45) is 0 Å². The van der Waals surface area contributed by atoms with Crippen LogP contribution in [0.15, 0.2) is 23.1 Å². The van der Waals surface area contributed by atoms with Crippen molar-refractivity contribution in [3.63, 3.8) is 0 Å². The Bertz CT molecular complexity index is 265. The molecule has 1 aromatic rings. The molecule has 0 heterocycles. The monoisotopic (exact) mass is 184 g/mol. The number of anilines is 2. The number of benzene rings is 1. The fourth-order valence-corrected chi connectivity index (χ4v) is 1.60. The summed E-state index contributed by atoms with van der Waals surface area (Å²) >= 11 is 1.51. The van der Waals surface area contributed by atoms with Gasteiger partial charge in [0.2, 0.25) is 0 Å². The smallest absolute Gasteiger partial charge is 0.0525 e. The molecule has 0 aliphatic rings. The molecule has 0 bridgehead atoms. The highest BCUT2D eigenvalue weighted by Gasteiger charge is 1.99. The van der Waals surface area contributed by atoms with Crippen LogP contribution in [0.2, 0.25) is 0 Å². The van der Waals surface area contributed by atoms with E-state index in [0.717, 1.165) is 4.90 Å². The third kappa shape index (κ3) is 2.32. The first kappa shape index (κ1) is 9.22. The van der Waals surface area contributed by atoms with Gasteiger partial charge in [0.1, 0.15) is 0 Å². The number of rotatable bonds is 3. The first-order valence-corrected chi connectivity index (χ1v) is 4.61. The van der Waals surface area contributed by atoms with Crippen LogP contribution in [0.3, 0.4) is 0 Å². The molecule has 0 aliphatic carbocycles. The molecule has 0 saturated carbocycles. The second-order valence-corrected chi connectivity index (χ2v) is 3.51. The van der Waals surface area contributed by atoms with E-state index in [1.54, 1.807) is 12.1 Å². The lowest BCUT2D eigenvalue weighted by Crippen LogP contribution is -1.93. The molecule has 3 nitrogen and oxygen atoms in total. The maximum atomic E-state index is 8.59. The highest BCUT2D eigenvalue weighted by Crippen LogP contribution is 2.26. The van der Waals surface area contributed by atoms with Crippen molar-refractivity contribution in [1.82, 2.24) is 0 Å². The van der Waals surface area contributed by atoms with Gasteiger partial charge in [-0.05, 0) is 18.2 Å². The molecule has 1 rings (SSSR count). The van der Waals surface area contributed by atoms with Gasteiger partial charge in [0.05, 0.1) is 6.61 Å². The predicted octanol–water partition coefficient (Wildman–Crippen LogP) is 0.935. The molecular weight excluding hydrogens is 172 g/mol. The van der Waals surface area contributed by atoms with E-state index >= 15 is 0 Å². The van der Waals surface area contributed by atoms with Gasteiger partial charge in [-0.2, -0.15) is 0 Å². The number of hydrogen-bond donors (Lipinski definition) is 3. The molecule has 5 N–H and O–H groups in total. The summed E-state index contributed by atoms with van der Waals surface area (Å²) in [5.74, 6) is 0.646. The number of aliphatic hydroxyl groups is 1. The van der Waals surface area contributed by atoms with Crippen LogP contribution in [0, 0.1) is 0 Å². The minimum absolute atomic E-state index is 0.152. The third-order valence-electron chi connectivity index (χ3n) is 1.39. The van der Waals surface area contributed by atoms with Gasteiger partial charge in [-0.15, -0.1) is 11.8 Å².